The molecule has 0 aliphatic rings. The highest BCUT2D eigenvalue weighted by molar-refractivity contribution is 5.94. The zero-order valence-corrected chi connectivity index (χ0v) is 17.0. The highest BCUT2D eigenvalue weighted by Crippen LogP contribution is 2.37. The number of H-pyrrole nitrogens is 1. The molecule has 156 valence electrons. The number of nitrogens with one attached hydrogen (secondary N) is 1. The molecule has 7 nitrogen and oxygen atoms in total. The molecule has 0 radical (unpaired) electrons. The smallest absolute Gasteiger partial charge is 0.173 e. The Hall–Kier alpha value is -3.78. The molecule has 4 heterocycles. The maximum Gasteiger partial charge on any atom is 0.173 e. The summed E-state index contributed by atoms with van der Waals surface area (Å²) in [5, 5.41) is 20.5. The van der Waals surface area contributed by atoms with Gasteiger partial charge in [0.15, 0.2) is 11.4 Å². The first-order valence-electron chi connectivity index (χ1n) is 9.90. The van der Waals surface area contributed by atoms with E-state index in [4.69, 9.17) is 4.52 Å². The van der Waals surface area contributed by atoms with Crippen LogP contribution in [-0.2, 0) is 12.6 Å². The quantitative estimate of drug-likeness (QED) is 0.442. The molecule has 0 spiro atoms. The zero-order valence-electron chi connectivity index (χ0n) is 17.0. The summed E-state index contributed by atoms with van der Waals surface area (Å²) in [6.07, 6.45) is 7.49. The lowest BCUT2D eigenvalue weighted by atomic mass is 9.88. The zero-order chi connectivity index (χ0) is 21.6. The lowest BCUT2D eigenvalue weighted by Gasteiger charge is -2.24. The molecule has 1 aromatic carbocycles. The van der Waals surface area contributed by atoms with Crippen molar-refractivity contribution in [2.24, 2.45) is 7.05 Å². The van der Waals surface area contributed by atoms with Gasteiger partial charge in [0.2, 0.25) is 0 Å². The summed E-state index contributed by atoms with van der Waals surface area (Å²) in [6.45, 7) is 1.77. The summed E-state index contributed by atoms with van der Waals surface area (Å²) in [4.78, 5) is 7.63. The van der Waals surface area contributed by atoms with E-state index in [2.05, 4.69) is 20.2 Å². The Morgan fingerprint density at radius 3 is 2.77 bits per heavy atom. The van der Waals surface area contributed by atoms with Gasteiger partial charge in [-0.1, -0.05) is 30.3 Å². The van der Waals surface area contributed by atoms with Crippen LogP contribution in [-0.4, -0.2) is 30.0 Å². The van der Waals surface area contributed by atoms with Crippen molar-refractivity contribution in [1.29, 1.82) is 0 Å². The molecule has 0 saturated heterocycles. The third kappa shape index (κ3) is 3.12. The Labute approximate surface area is 177 Å². The first-order valence-corrected chi connectivity index (χ1v) is 9.90. The average molecular weight is 417 g/mol. The molecule has 0 saturated carbocycles. The maximum atomic E-state index is 14.4. The Kier molecular flexibility index (Phi) is 4.44. The van der Waals surface area contributed by atoms with Crippen LogP contribution in [0.15, 0.2) is 65.7 Å². The normalized spacial score (nSPS) is 13.5. The summed E-state index contributed by atoms with van der Waals surface area (Å²) < 4.78 is 21.6. The summed E-state index contributed by atoms with van der Waals surface area (Å²) in [5.41, 5.74) is 2.39. The highest BCUT2D eigenvalue weighted by atomic mass is 19.1. The van der Waals surface area contributed by atoms with Crippen LogP contribution < -0.4 is 0 Å². The van der Waals surface area contributed by atoms with Gasteiger partial charge in [-0.3, -0.25) is 4.68 Å². The number of aromatic amines is 1. The van der Waals surface area contributed by atoms with Crippen LogP contribution in [0.3, 0.4) is 0 Å². The number of fused-ring (bicyclic) bond motifs is 1. The number of hydrogen-bond donors (Lipinski definition) is 2. The van der Waals surface area contributed by atoms with E-state index in [0.717, 1.165) is 22.1 Å². The number of hydrogen-bond acceptors (Lipinski definition) is 5. The molecule has 1 atom stereocenters. The first kappa shape index (κ1) is 19.2. The Morgan fingerprint density at radius 1 is 1.19 bits per heavy atom. The fourth-order valence-corrected chi connectivity index (χ4v) is 3.83. The molecule has 2 N–H and O–H groups in total. The molecule has 31 heavy (non-hydrogen) atoms. The van der Waals surface area contributed by atoms with E-state index in [1.807, 2.05) is 19.3 Å². The summed E-state index contributed by atoms with van der Waals surface area (Å²) in [6, 6.07) is 9.79. The minimum Gasteiger partial charge on any atom is -0.377 e. The molecule has 5 rings (SSSR count). The lowest BCUT2D eigenvalue weighted by Crippen LogP contribution is -2.27. The topological polar surface area (TPSA) is 92.8 Å². The number of rotatable bonds is 5. The number of aliphatic hydroxyl groups is 1. The predicted molar refractivity (Wildman–Crippen MR) is 113 cm³/mol. The van der Waals surface area contributed by atoms with E-state index in [1.165, 1.54) is 6.07 Å². The molecular formula is C23H20FN5O2. The van der Waals surface area contributed by atoms with Crippen LogP contribution >= 0.6 is 0 Å². The van der Waals surface area contributed by atoms with E-state index < -0.39 is 11.4 Å². The van der Waals surface area contributed by atoms with Gasteiger partial charge < -0.3 is 14.6 Å². The summed E-state index contributed by atoms with van der Waals surface area (Å²) in [5.74, 6) is -0.317. The van der Waals surface area contributed by atoms with Gasteiger partial charge in [-0.05, 0) is 18.6 Å². The second-order valence-corrected chi connectivity index (χ2v) is 7.50. The van der Waals surface area contributed by atoms with Gasteiger partial charge in [0.25, 0.3) is 0 Å². The third-order valence-electron chi connectivity index (χ3n) is 5.59. The van der Waals surface area contributed by atoms with Gasteiger partial charge in [-0.2, -0.15) is 5.10 Å². The molecule has 0 fully saturated rings. The molecule has 0 bridgehead atoms. The number of nitrogens with zero attached hydrogens (tertiary/aromatic N) is 4. The number of pyridine rings is 1. The fourth-order valence-electron chi connectivity index (χ4n) is 3.83. The molecule has 8 heteroatoms. The van der Waals surface area contributed by atoms with Crippen molar-refractivity contribution in [1.82, 2.24) is 24.9 Å². The molecule has 0 aliphatic carbocycles. The van der Waals surface area contributed by atoms with Gasteiger partial charge in [-0.25, -0.2) is 9.37 Å². The molecule has 0 amide bonds. The number of benzene rings is 1. The summed E-state index contributed by atoms with van der Waals surface area (Å²) in [7, 11) is 1.86. The Morgan fingerprint density at radius 2 is 2.03 bits per heavy atom. The van der Waals surface area contributed by atoms with Crippen LogP contribution in [0.2, 0.25) is 0 Å². The van der Waals surface area contributed by atoms with Crippen molar-refractivity contribution in [3.8, 4) is 22.4 Å². The van der Waals surface area contributed by atoms with Gasteiger partial charge in [0, 0.05) is 59.3 Å². The second-order valence-electron chi connectivity index (χ2n) is 7.50. The van der Waals surface area contributed by atoms with Crippen LogP contribution in [0, 0.1) is 5.82 Å². The lowest BCUT2D eigenvalue weighted by molar-refractivity contribution is 0.0429. The SMILES string of the molecule is CC[C@](O)(c1cc(-c2c[nH]c3ncc(-c4cnn(C)c4)cc23)no1)c1ccccc1F. The molecule has 4 aromatic heterocycles. The standard InChI is InChI=1S/C23H20FN5O2/c1-3-23(30,18-6-4-5-7-19(18)24)21-9-20(28-31-21)17-12-26-22-16(17)8-14(10-25-22)15-11-27-29(2)13-15/h4-13,30H,3H2,1-2H3,(H,25,26)/t23-/m1/s1. The van der Waals surface area contributed by atoms with Crippen molar-refractivity contribution in [3.63, 3.8) is 0 Å². The molecular weight excluding hydrogens is 397 g/mol. The number of aromatic nitrogens is 5. The van der Waals surface area contributed by atoms with Gasteiger partial charge >= 0.3 is 0 Å². The van der Waals surface area contributed by atoms with Crippen LogP contribution in [0.5, 0.6) is 0 Å². The van der Waals surface area contributed by atoms with Crippen LogP contribution in [0.1, 0.15) is 24.7 Å². The Bertz CT molecular complexity index is 1390. The number of aryl methyl sites for hydroxylation is 1. The fraction of sp³-hybridized carbons (Fsp3) is 0.174. The van der Waals surface area contributed by atoms with Gasteiger partial charge in [0.05, 0.1) is 6.20 Å². The third-order valence-corrected chi connectivity index (χ3v) is 5.59. The van der Waals surface area contributed by atoms with E-state index in [9.17, 15) is 9.50 Å². The van der Waals surface area contributed by atoms with Crippen molar-refractivity contribution in [2.75, 3.05) is 0 Å². The van der Waals surface area contributed by atoms with Gasteiger partial charge in [-0.15, -0.1) is 0 Å². The minimum atomic E-state index is -1.62. The van der Waals surface area contributed by atoms with Crippen LogP contribution in [0.4, 0.5) is 4.39 Å². The Balaban J connectivity index is 1.59. The largest absolute Gasteiger partial charge is 0.377 e. The van der Waals surface area contributed by atoms with Crippen molar-refractivity contribution < 1.29 is 14.0 Å². The predicted octanol–water partition coefficient (Wildman–Crippen LogP) is 4.40. The van der Waals surface area contributed by atoms with E-state index >= 15 is 0 Å². The van der Waals surface area contributed by atoms with Crippen LogP contribution in [0.25, 0.3) is 33.4 Å². The van der Waals surface area contributed by atoms with E-state index in [0.29, 0.717) is 11.3 Å². The van der Waals surface area contributed by atoms with Crippen molar-refractivity contribution in [3.05, 3.63) is 78.3 Å². The monoisotopic (exact) mass is 417 g/mol. The van der Waals surface area contributed by atoms with Crippen molar-refractivity contribution in [2.45, 2.75) is 18.9 Å². The average Bonchev–Trinajstić information content (AvgIpc) is 3.52. The van der Waals surface area contributed by atoms with E-state index in [-0.39, 0.29) is 17.7 Å². The van der Waals surface area contributed by atoms with Gasteiger partial charge in [0.1, 0.15) is 17.2 Å². The number of halogens is 1. The highest BCUT2D eigenvalue weighted by Gasteiger charge is 2.36. The molecule has 5 aromatic rings. The summed E-state index contributed by atoms with van der Waals surface area (Å²) >= 11 is 0. The minimum absolute atomic E-state index is 0.152. The maximum absolute atomic E-state index is 14.4. The first-order chi connectivity index (χ1) is 15.0. The van der Waals surface area contributed by atoms with Crippen molar-refractivity contribution >= 4 is 11.0 Å². The second kappa shape index (κ2) is 7.17. The molecule has 0 aliphatic heterocycles. The molecule has 0 unspecified atom stereocenters. The van der Waals surface area contributed by atoms with E-state index in [1.54, 1.807) is 54.5 Å².